The molecule has 1 saturated heterocycles. The number of ether oxygens (including phenoxy) is 1. The fraction of sp³-hybridized carbons (Fsp3) is 0.438. The molecule has 2 N–H and O–H groups in total. The van der Waals surface area contributed by atoms with E-state index in [0.717, 1.165) is 22.2 Å². The molecule has 2 aromatic rings. The number of nitrogens with one attached hydrogen (secondary N) is 1. The van der Waals surface area contributed by atoms with Crippen LogP contribution in [0.5, 0.6) is 5.75 Å². The monoisotopic (exact) mass is 270 g/mol. The van der Waals surface area contributed by atoms with E-state index in [1.165, 1.54) is 0 Å². The molecule has 104 valence electrons. The van der Waals surface area contributed by atoms with Crippen molar-refractivity contribution in [2.45, 2.75) is 25.7 Å². The van der Waals surface area contributed by atoms with Crippen LogP contribution in [-0.2, 0) is 4.74 Å². The van der Waals surface area contributed by atoms with Gasteiger partial charge in [-0.25, -0.2) is 0 Å². The lowest BCUT2D eigenvalue weighted by Crippen LogP contribution is -2.10. The molecule has 0 unspecified atom stereocenters. The summed E-state index contributed by atoms with van der Waals surface area (Å²) in [6, 6.07) is 7.69. The van der Waals surface area contributed by atoms with Gasteiger partial charge in [-0.2, -0.15) is 5.26 Å². The first-order valence-corrected chi connectivity index (χ1v) is 6.93. The third kappa shape index (κ3) is 1.95. The van der Waals surface area contributed by atoms with E-state index in [1.54, 1.807) is 12.1 Å². The van der Waals surface area contributed by atoms with Crippen LogP contribution < -0.4 is 0 Å². The standard InChI is InChI=1S/C16H18N2O2/c1-9(2)16-15(13-8-20-7-10(13)6-17)12-5-11(19)3-4-14(12)18-16/h3-5,9-10,13,18-19H,7-8H2,1-2H3/t10-,13+/m0/s1. The maximum Gasteiger partial charge on any atom is 0.116 e. The highest BCUT2D eigenvalue weighted by molar-refractivity contribution is 5.87. The third-order valence-corrected chi connectivity index (χ3v) is 4.05. The molecule has 0 amide bonds. The van der Waals surface area contributed by atoms with Crippen molar-refractivity contribution in [1.82, 2.24) is 4.98 Å². The van der Waals surface area contributed by atoms with E-state index in [9.17, 15) is 10.4 Å². The van der Waals surface area contributed by atoms with Gasteiger partial charge in [0.1, 0.15) is 5.75 Å². The Balaban J connectivity index is 2.23. The number of aromatic hydroxyl groups is 1. The van der Waals surface area contributed by atoms with Gasteiger partial charge in [-0.3, -0.25) is 0 Å². The van der Waals surface area contributed by atoms with Crippen LogP contribution in [0.25, 0.3) is 10.9 Å². The fourth-order valence-electron chi connectivity index (χ4n) is 3.04. The van der Waals surface area contributed by atoms with Gasteiger partial charge in [0.05, 0.1) is 25.2 Å². The number of hydrogen-bond donors (Lipinski definition) is 2. The van der Waals surface area contributed by atoms with Crippen LogP contribution in [0.15, 0.2) is 18.2 Å². The largest absolute Gasteiger partial charge is 0.508 e. The molecule has 0 saturated carbocycles. The molecule has 0 radical (unpaired) electrons. The van der Waals surface area contributed by atoms with Gasteiger partial charge in [-0.1, -0.05) is 13.8 Å². The number of nitriles is 1. The lowest BCUT2D eigenvalue weighted by molar-refractivity contribution is 0.189. The number of rotatable bonds is 2. The van der Waals surface area contributed by atoms with Gasteiger partial charge in [-0.05, 0) is 29.7 Å². The predicted molar refractivity (Wildman–Crippen MR) is 76.7 cm³/mol. The molecule has 1 aromatic heterocycles. The number of fused-ring (bicyclic) bond motifs is 1. The van der Waals surface area contributed by atoms with Crippen LogP contribution in [0.1, 0.15) is 36.9 Å². The Morgan fingerprint density at radius 1 is 1.40 bits per heavy atom. The Kier molecular flexibility index (Phi) is 3.15. The number of benzene rings is 1. The van der Waals surface area contributed by atoms with Crippen LogP contribution in [0.2, 0.25) is 0 Å². The van der Waals surface area contributed by atoms with Crippen LogP contribution in [-0.4, -0.2) is 23.3 Å². The van der Waals surface area contributed by atoms with Gasteiger partial charge in [-0.15, -0.1) is 0 Å². The Morgan fingerprint density at radius 2 is 2.20 bits per heavy atom. The molecule has 0 aliphatic carbocycles. The predicted octanol–water partition coefficient (Wildman–Crippen LogP) is 3.25. The summed E-state index contributed by atoms with van der Waals surface area (Å²) in [7, 11) is 0. The van der Waals surface area contributed by atoms with Crippen LogP contribution in [0, 0.1) is 17.2 Å². The summed E-state index contributed by atoms with van der Waals surface area (Å²) in [5.41, 5.74) is 3.28. The summed E-state index contributed by atoms with van der Waals surface area (Å²) >= 11 is 0. The molecule has 1 aliphatic rings. The van der Waals surface area contributed by atoms with Crippen LogP contribution in [0.4, 0.5) is 0 Å². The summed E-state index contributed by atoms with van der Waals surface area (Å²) in [6.45, 7) is 5.32. The zero-order valence-corrected chi connectivity index (χ0v) is 11.7. The quantitative estimate of drug-likeness (QED) is 0.880. The second-order valence-electron chi connectivity index (χ2n) is 5.72. The van der Waals surface area contributed by atoms with E-state index < -0.39 is 0 Å². The lowest BCUT2D eigenvalue weighted by Gasteiger charge is -2.15. The molecule has 2 heterocycles. The smallest absolute Gasteiger partial charge is 0.116 e. The highest BCUT2D eigenvalue weighted by Gasteiger charge is 2.34. The number of H-pyrrole nitrogens is 1. The minimum atomic E-state index is -0.117. The first-order chi connectivity index (χ1) is 9.61. The minimum absolute atomic E-state index is 0.0768. The lowest BCUT2D eigenvalue weighted by atomic mass is 9.86. The second kappa shape index (κ2) is 4.84. The fourth-order valence-corrected chi connectivity index (χ4v) is 3.04. The van der Waals surface area contributed by atoms with Crippen molar-refractivity contribution in [3.8, 4) is 11.8 Å². The van der Waals surface area contributed by atoms with Gasteiger partial charge in [0.2, 0.25) is 0 Å². The first-order valence-electron chi connectivity index (χ1n) is 6.93. The van der Waals surface area contributed by atoms with Crippen molar-refractivity contribution in [3.05, 3.63) is 29.5 Å². The van der Waals surface area contributed by atoms with Gasteiger partial charge in [0, 0.05) is 22.5 Å². The van der Waals surface area contributed by atoms with E-state index in [4.69, 9.17) is 4.74 Å². The molecule has 1 aromatic carbocycles. The molecule has 1 aliphatic heterocycles. The Morgan fingerprint density at radius 3 is 2.90 bits per heavy atom. The zero-order chi connectivity index (χ0) is 14.3. The summed E-state index contributed by atoms with van der Waals surface area (Å²) in [6.07, 6.45) is 0. The van der Waals surface area contributed by atoms with Crippen molar-refractivity contribution in [1.29, 1.82) is 5.26 Å². The van der Waals surface area contributed by atoms with Crippen molar-refractivity contribution >= 4 is 10.9 Å². The Hall–Kier alpha value is -1.99. The van der Waals surface area contributed by atoms with Gasteiger partial charge >= 0.3 is 0 Å². The van der Waals surface area contributed by atoms with E-state index in [-0.39, 0.29) is 17.6 Å². The summed E-state index contributed by atoms with van der Waals surface area (Å²) < 4.78 is 5.50. The molecule has 4 heteroatoms. The molecular weight excluding hydrogens is 252 g/mol. The second-order valence-corrected chi connectivity index (χ2v) is 5.72. The topological polar surface area (TPSA) is 69.0 Å². The van der Waals surface area contributed by atoms with Gasteiger partial charge in [0.15, 0.2) is 0 Å². The molecular formula is C16H18N2O2. The highest BCUT2D eigenvalue weighted by atomic mass is 16.5. The maximum absolute atomic E-state index is 9.76. The van der Waals surface area contributed by atoms with Crippen molar-refractivity contribution in [3.63, 3.8) is 0 Å². The number of aromatic amines is 1. The highest BCUT2D eigenvalue weighted by Crippen LogP contribution is 2.40. The van der Waals surface area contributed by atoms with Gasteiger partial charge < -0.3 is 14.8 Å². The number of aromatic nitrogens is 1. The Labute approximate surface area is 118 Å². The van der Waals surface area contributed by atoms with E-state index in [2.05, 4.69) is 24.9 Å². The molecule has 0 bridgehead atoms. The number of phenols is 1. The van der Waals surface area contributed by atoms with E-state index >= 15 is 0 Å². The molecule has 4 nitrogen and oxygen atoms in total. The van der Waals surface area contributed by atoms with E-state index in [1.807, 2.05) is 6.07 Å². The summed E-state index contributed by atoms with van der Waals surface area (Å²) in [5, 5.41) is 20.1. The number of phenolic OH excluding ortho intramolecular Hbond substituents is 1. The van der Waals surface area contributed by atoms with Crippen molar-refractivity contribution in [2.24, 2.45) is 5.92 Å². The van der Waals surface area contributed by atoms with Crippen molar-refractivity contribution < 1.29 is 9.84 Å². The van der Waals surface area contributed by atoms with Crippen LogP contribution >= 0.6 is 0 Å². The maximum atomic E-state index is 9.76. The number of nitrogens with zero attached hydrogens (tertiary/aromatic N) is 1. The number of hydrogen-bond acceptors (Lipinski definition) is 3. The zero-order valence-electron chi connectivity index (χ0n) is 11.7. The van der Waals surface area contributed by atoms with Crippen LogP contribution in [0.3, 0.4) is 0 Å². The minimum Gasteiger partial charge on any atom is -0.508 e. The first kappa shape index (κ1) is 13.0. The average molecular weight is 270 g/mol. The van der Waals surface area contributed by atoms with Gasteiger partial charge in [0.25, 0.3) is 0 Å². The average Bonchev–Trinajstić information content (AvgIpc) is 3.00. The van der Waals surface area contributed by atoms with E-state index in [0.29, 0.717) is 19.1 Å². The Bertz CT molecular complexity index is 682. The normalized spacial score (nSPS) is 22.5. The van der Waals surface area contributed by atoms with Crippen molar-refractivity contribution in [2.75, 3.05) is 13.2 Å². The molecule has 3 rings (SSSR count). The summed E-state index contributed by atoms with van der Waals surface area (Å²) in [4.78, 5) is 3.44. The summed E-state index contributed by atoms with van der Waals surface area (Å²) in [5.74, 6) is 0.543. The SMILES string of the molecule is CC(C)c1[nH]c2ccc(O)cc2c1[C@@H]1COC[C@@H]1C#N. The molecule has 0 spiro atoms. The molecule has 1 fully saturated rings. The molecule has 2 atom stereocenters. The molecule has 20 heavy (non-hydrogen) atoms. The third-order valence-electron chi connectivity index (χ3n) is 4.05.